The van der Waals surface area contributed by atoms with E-state index >= 15 is 0 Å². The van der Waals surface area contributed by atoms with Gasteiger partial charge in [0.15, 0.2) is 0 Å². The maximum Gasteiger partial charge on any atom is 0.0528 e. The minimum atomic E-state index is 0. The fourth-order valence-corrected chi connectivity index (χ4v) is 0.600. The van der Waals surface area contributed by atoms with E-state index in [1.54, 1.807) is 0 Å². The van der Waals surface area contributed by atoms with Crippen molar-refractivity contribution in [3.63, 3.8) is 0 Å². The van der Waals surface area contributed by atoms with Crippen molar-refractivity contribution in [2.24, 2.45) is 5.92 Å². The van der Waals surface area contributed by atoms with Crippen LogP contribution in [-0.2, 0) is 19.5 Å². The monoisotopic (exact) mass is 199 g/mol. The molecule has 0 atom stereocenters. The summed E-state index contributed by atoms with van der Waals surface area (Å²) >= 11 is 0. The van der Waals surface area contributed by atoms with E-state index < -0.39 is 0 Å². The van der Waals surface area contributed by atoms with Gasteiger partial charge in [0.2, 0.25) is 0 Å². The Kier molecular flexibility index (Phi) is 4.03. The van der Waals surface area contributed by atoms with Gasteiger partial charge in [0.25, 0.3) is 0 Å². The zero-order valence-corrected chi connectivity index (χ0v) is 6.01. The van der Waals surface area contributed by atoms with Crippen LogP contribution in [0.4, 0.5) is 0 Å². The van der Waals surface area contributed by atoms with Gasteiger partial charge in [-0.2, -0.15) is 0 Å². The Bertz CT molecular complexity index is 95.1. The fourth-order valence-electron chi connectivity index (χ4n) is 0.600. The quantitative estimate of drug-likeness (QED) is 0.617. The molecule has 0 fully saturated rings. The third-order valence-electron chi connectivity index (χ3n) is 1.04. The Morgan fingerprint density at radius 3 is 2.00 bits per heavy atom. The molecule has 1 radical (unpaired) electrons. The third kappa shape index (κ3) is 1.89. The molecule has 0 unspecified atom stereocenters. The Hall–Kier alpha value is 0.0634. The summed E-state index contributed by atoms with van der Waals surface area (Å²) < 4.78 is 0. The Morgan fingerprint density at radius 1 is 1.25 bits per heavy atom. The normalized spacial score (nSPS) is 16.6. The van der Waals surface area contributed by atoms with Crippen LogP contribution in [0.1, 0.15) is 0 Å². The number of aliphatic hydroxyl groups is 1. The van der Waals surface area contributed by atoms with Crippen molar-refractivity contribution in [1.82, 2.24) is 0 Å². The molecule has 0 bridgehead atoms. The maximum atomic E-state index is 8.46. The summed E-state index contributed by atoms with van der Waals surface area (Å²) in [7, 11) is 0. The van der Waals surface area contributed by atoms with Crippen molar-refractivity contribution in [3.05, 3.63) is 24.3 Å². The van der Waals surface area contributed by atoms with Crippen LogP contribution in [-0.4, -0.2) is 11.7 Å². The van der Waals surface area contributed by atoms with Gasteiger partial charge in [0.1, 0.15) is 0 Å². The van der Waals surface area contributed by atoms with E-state index in [2.05, 4.69) is 0 Å². The van der Waals surface area contributed by atoms with Gasteiger partial charge in [-0.15, -0.1) is 0 Å². The van der Waals surface area contributed by atoms with Crippen molar-refractivity contribution in [2.75, 3.05) is 6.61 Å². The van der Waals surface area contributed by atoms with E-state index in [4.69, 9.17) is 5.11 Å². The van der Waals surface area contributed by atoms with Crippen LogP contribution in [0, 0.1) is 5.92 Å². The molecule has 8 heavy (non-hydrogen) atoms. The van der Waals surface area contributed by atoms with Crippen LogP contribution < -0.4 is 0 Å². The molecule has 0 aliphatic heterocycles. The van der Waals surface area contributed by atoms with Crippen LogP contribution in [0.15, 0.2) is 24.3 Å². The fraction of sp³-hybridized carbons (Fsp3) is 0.333. The zero-order chi connectivity index (χ0) is 5.11. The Balaban J connectivity index is 0.000000490. The van der Waals surface area contributed by atoms with Crippen molar-refractivity contribution >= 4 is 0 Å². The van der Waals surface area contributed by atoms with Gasteiger partial charge in [0.05, 0.1) is 6.61 Å². The van der Waals surface area contributed by atoms with Crippen LogP contribution in [0.25, 0.3) is 0 Å². The van der Waals surface area contributed by atoms with E-state index in [0.29, 0.717) is 5.92 Å². The minimum Gasteiger partial charge on any atom is -0.395 e. The summed E-state index contributed by atoms with van der Waals surface area (Å²) in [4.78, 5) is 0. The SMILES string of the molecule is OCC1C=CC=C1.[Rh]. The van der Waals surface area contributed by atoms with Crippen LogP contribution >= 0.6 is 0 Å². The average molecular weight is 199 g/mol. The molecule has 1 aliphatic rings. The zero-order valence-electron chi connectivity index (χ0n) is 4.37. The predicted octanol–water partition coefficient (Wildman–Crippen LogP) is 0.718. The second-order valence-corrected chi connectivity index (χ2v) is 1.62. The molecule has 0 heterocycles. The van der Waals surface area contributed by atoms with Crippen LogP contribution in [0.3, 0.4) is 0 Å². The topological polar surface area (TPSA) is 20.2 Å². The van der Waals surface area contributed by atoms with Crippen LogP contribution in [0.5, 0.6) is 0 Å². The predicted molar refractivity (Wildman–Crippen MR) is 28.9 cm³/mol. The third-order valence-corrected chi connectivity index (χ3v) is 1.04. The molecule has 1 N–H and O–H groups in total. The molecule has 0 amide bonds. The molecule has 1 aliphatic carbocycles. The van der Waals surface area contributed by atoms with Gasteiger partial charge in [-0.3, -0.25) is 0 Å². The first kappa shape index (κ1) is 8.06. The molecule has 0 aromatic carbocycles. The molecule has 0 aromatic heterocycles. The molecular weight excluding hydrogens is 191 g/mol. The van der Waals surface area contributed by atoms with Gasteiger partial charge in [-0.1, -0.05) is 24.3 Å². The summed E-state index contributed by atoms with van der Waals surface area (Å²) in [5.41, 5.74) is 0. The standard InChI is InChI=1S/C6H8O.Rh/c7-5-6-3-1-2-4-6;/h1-4,6-7H,5H2;. The van der Waals surface area contributed by atoms with Crippen molar-refractivity contribution in [1.29, 1.82) is 0 Å². The van der Waals surface area contributed by atoms with Gasteiger partial charge in [-0.05, 0) is 0 Å². The maximum absolute atomic E-state index is 8.46. The summed E-state index contributed by atoms with van der Waals surface area (Å²) in [5.74, 6) is 0.292. The second kappa shape index (κ2) is 3.99. The summed E-state index contributed by atoms with van der Waals surface area (Å²) in [5, 5.41) is 8.46. The number of rotatable bonds is 1. The van der Waals surface area contributed by atoms with Crippen molar-refractivity contribution in [3.8, 4) is 0 Å². The average Bonchev–Trinajstić information content (AvgIpc) is 2.14. The van der Waals surface area contributed by atoms with E-state index in [1.165, 1.54) is 0 Å². The second-order valence-electron chi connectivity index (χ2n) is 1.62. The Labute approximate surface area is 61.9 Å². The molecule has 0 spiro atoms. The smallest absolute Gasteiger partial charge is 0.0528 e. The summed E-state index contributed by atoms with van der Waals surface area (Å²) in [6, 6.07) is 0. The first-order valence-corrected chi connectivity index (χ1v) is 2.39. The van der Waals surface area contributed by atoms with Gasteiger partial charge >= 0.3 is 0 Å². The molecule has 0 saturated heterocycles. The van der Waals surface area contributed by atoms with E-state index in [9.17, 15) is 0 Å². The molecule has 1 nitrogen and oxygen atoms in total. The Morgan fingerprint density at radius 2 is 1.75 bits per heavy atom. The molecule has 0 saturated carbocycles. The summed E-state index contributed by atoms with van der Waals surface area (Å²) in [6.07, 6.45) is 7.84. The number of hydrogen-bond donors (Lipinski definition) is 1. The van der Waals surface area contributed by atoms with Crippen molar-refractivity contribution in [2.45, 2.75) is 0 Å². The molecule has 1 rings (SSSR count). The van der Waals surface area contributed by atoms with E-state index in [1.807, 2.05) is 24.3 Å². The molecule has 47 valence electrons. The van der Waals surface area contributed by atoms with Gasteiger partial charge in [0, 0.05) is 25.4 Å². The number of aliphatic hydroxyl groups excluding tert-OH is 1. The van der Waals surface area contributed by atoms with E-state index in [0.717, 1.165) is 0 Å². The van der Waals surface area contributed by atoms with E-state index in [-0.39, 0.29) is 26.1 Å². The van der Waals surface area contributed by atoms with Gasteiger partial charge < -0.3 is 5.11 Å². The number of allylic oxidation sites excluding steroid dienone is 2. The van der Waals surface area contributed by atoms with Gasteiger partial charge in [-0.25, -0.2) is 0 Å². The molecule has 2 heteroatoms. The minimum absolute atomic E-state index is 0. The van der Waals surface area contributed by atoms with Crippen molar-refractivity contribution < 1.29 is 24.6 Å². The number of hydrogen-bond acceptors (Lipinski definition) is 1. The molecule has 0 aromatic rings. The first-order chi connectivity index (χ1) is 3.43. The summed E-state index contributed by atoms with van der Waals surface area (Å²) in [6.45, 7) is 0.243. The largest absolute Gasteiger partial charge is 0.395 e. The molecular formula is C6H8ORh. The first-order valence-electron chi connectivity index (χ1n) is 2.39. The van der Waals surface area contributed by atoms with Crippen LogP contribution in [0.2, 0.25) is 0 Å².